The molecule has 0 saturated carbocycles. The Balaban J connectivity index is 2.51. The highest BCUT2D eigenvalue weighted by atomic mass is 16.3. The van der Waals surface area contributed by atoms with Crippen molar-refractivity contribution in [2.45, 2.75) is 39.5 Å². The molecular formula is C24H30O4. The molecule has 0 amide bonds. The Morgan fingerprint density at radius 3 is 2.54 bits per heavy atom. The second kappa shape index (κ2) is 9.65. The highest BCUT2D eigenvalue weighted by Crippen LogP contribution is 2.39. The molecule has 0 aromatic heterocycles. The van der Waals surface area contributed by atoms with Gasteiger partial charge < -0.3 is 10.2 Å². The topological polar surface area (TPSA) is 74.6 Å². The molecule has 150 valence electrons. The van der Waals surface area contributed by atoms with Gasteiger partial charge in [0, 0.05) is 11.3 Å². The lowest BCUT2D eigenvalue weighted by Gasteiger charge is -2.35. The third-order valence-corrected chi connectivity index (χ3v) is 5.87. The van der Waals surface area contributed by atoms with Crippen molar-refractivity contribution in [1.82, 2.24) is 0 Å². The minimum absolute atomic E-state index is 0.0736. The SMILES string of the molecule is C=CCC1(CO)C=C/C(O)=C(/C(C)=O)C(=O)C(Cc2ccccc2)CCC1C. The molecule has 3 unspecified atom stereocenters. The molecule has 1 aliphatic rings. The summed E-state index contributed by atoms with van der Waals surface area (Å²) in [5, 5.41) is 20.6. The van der Waals surface area contributed by atoms with Crippen molar-refractivity contribution in [3.8, 4) is 0 Å². The van der Waals surface area contributed by atoms with E-state index in [1.165, 1.54) is 13.0 Å². The number of hydrogen-bond acceptors (Lipinski definition) is 4. The van der Waals surface area contributed by atoms with E-state index in [2.05, 4.69) is 6.58 Å². The van der Waals surface area contributed by atoms with Gasteiger partial charge in [0.05, 0.1) is 6.61 Å². The van der Waals surface area contributed by atoms with Crippen LogP contribution in [0, 0.1) is 17.3 Å². The fourth-order valence-corrected chi connectivity index (χ4v) is 3.95. The Morgan fingerprint density at radius 2 is 1.96 bits per heavy atom. The molecule has 2 rings (SSSR count). The number of ketones is 2. The molecule has 1 aliphatic carbocycles. The first kappa shape index (κ1) is 21.8. The van der Waals surface area contributed by atoms with E-state index < -0.39 is 17.1 Å². The summed E-state index contributed by atoms with van der Waals surface area (Å²) in [6.07, 6.45) is 7.22. The molecule has 0 heterocycles. The van der Waals surface area contributed by atoms with E-state index in [4.69, 9.17) is 0 Å². The summed E-state index contributed by atoms with van der Waals surface area (Å²) in [5.74, 6) is -1.42. The van der Waals surface area contributed by atoms with Crippen LogP contribution in [0.1, 0.15) is 38.7 Å². The van der Waals surface area contributed by atoms with Crippen LogP contribution in [-0.2, 0) is 16.0 Å². The van der Waals surface area contributed by atoms with Gasteiger partial charge in [-0.25, -0.2) is 0 Å². The number of Topliss-reactive ketones (excluding diaryl/α,β-unsaturated/α-hetero) is 2. The van der Waals surface area contributed by atoms with Gasteiger partial charge in [-0.15, -0.1) is 6.58 Å². The van der Waals surface area contributed by atoms with Gasteiger partial charge in [0.15, 0.2) is 11.6 Å². The molecule has 4 heteroatoms. The number of allylic oxidation sites excluding steroid dienone is 3. The summed E-state index contributed by atoms with van der Waals surface area (Å²) in [4.78, 5) is 25.3. The van der Waals surface area contributed by atoms with Crippen LogP contribution in [0.3, 0.4) is 0 Å². The molecule has 28 heavy (non-hydrogen) atoms. The maximum atomic E-state index is 13.1. The van der Waals surface area contributed by atoms with Crippen LogP contribution in [0.15, 0.2) is 66.5 Å². The van der Waals surface area contributed by atoms with Crippen molar-refractivity contribution >= 4 is 11.6 Å². The zero-order valence-corrected chi connectivity index (χ0v) is 16.7. The van der Waals surface area contributed by atoms with Crippen LogP contribution in [0.5, 0.6) is 0 Å². The van der Waals surface area contributed by atoms with Crippen LogP contribution >= 0.6 is 0 Å². The molecule has 3 atom stereocenters. The van der Waals surface area contributed by atoms with Crippen LogP contribution in [0.4, 0.5) is 0 Å². The summed E-state index contributed by atoms with van der Waals surface area (Å²) < 4.78 is 0. The van der Waals surface area contributed by atoms with Gasteiger partial charge in [-0.2, -0.15) is 0 Å². The number of aliphatic hydroxyl groups excluding tert-OH is 2. The Bertz CT molecular complexity index is 775. The van der Waals surface area contributed by atoms with E-state index in [-0.39, 0.29) is 29.6 Å². The number of rotatable bonds is 6. The second-order valence-electron chi connectivity index (χ2n) is 7.76. The van der Waals surface area contributed by atoms with Gasteiger partial charge in [0.25, 0.3) is 0 Å². The second-order valence-corrected chi connectivity index (χ2v) is 7.76. The van der Waals surface area contributed by atoms with E-state index in [0.717, 1.165) is 5.56 Å². The normalized spacial score (nSPS) is 28.8. The fourth-order valence-electron chi connectivity index (χ4n) is 3.95. The molecule has 0 fully saturated rings. The van der Waals surface area contributed by atoms with Gasteiger partial charge in [0.2, 0.25) is 0 Å². The quantitative estimate of drug-likeness (QED) is 0.566. The fraction of sp³-hybridized carbons (Fsp3) is 0.417. The van der Waals surface area contributed by atoms with Crippen LogP contribution < -0.4 is 0 Å². The molecule has 0 aliphatic heterocycles. The number of carbonyl (C=O) groups is 2. The van der Waals surface area contributed by atoms with Gasteiger partial charge in [0.1, 0.15) is 11.3 Å². The largest absolute Gasteiger partial charge is 0.507 e. The minimum atomic E-state index is -0.588. The number of benzene rings is 1. The van der Waals surface area contributed by atoms with E-state index in [1.807, 2.05) is 37.3 Å². The zero-order chi connectivity index (χ0) is 20.7. The molecule has 0 saturated heterocycles. The highest BCUT2D eigenvalue weighted by molar-refractivity contribution is 6.20. The van der Waals surface area contributed by atoms with Gasteiger partial charge in [-0.3, -0.25) is 9.59 Å². The maximum absolute atomic E-state index is 13.1. The van der Waals surface area contributed by atoms with Crippen molar-refractivity contribution in [2.75, 3.05) is 6.61 Å². The smallest absolute Gasteiger partial charge is 0.173 e. The molecule has 1 aromatic carbocycles. The van der Waals surface area contributed by atoms with Crippen LogP contribution in [0.25, 0.3) is 0 Å². The summed E-state index contributed by atoms with van der Waals surface area (Å²) >= 11 is 0. The monoisotopic (exact) mass is 382 g/mol. The van der Waals surface area contributed by atoms with Gasteiger partial charge >= 0.3 is 0 Å². The molecule has 2 N–H and O–H groups in total. The van der Waals surface area contributed by atoms with Crippen molar-refractivity contribution in [3.05, 3.63) is 72.0 Å². The van der Waals surface area contributed by atoms with Crippen LogP contribution in [0.2, 0.25) is 0 Å². The number of aliphatic hydroxyl groups is 2. The first-order valence-electron chi connectivity index (χ1n) is 9.78. The lowest BCUT2D eigenvalue weighted by Crippen LogP contribution is -2.33. The lowest BCUT2D eigenvalue weighted by atomic mass is 9.70. The molecule has 0 spiro atoms. The van der Waals surface area contributed by atoms with E-state index in [1.54, 1.807) is 12.2 Å². The molecule has 1 aromatic rings. The van der Waals surface area contributed by atoms with E-state index in [0.29, 0.717) is 25.7 Å². The Morgan fingerprint density at radius 1 is 1.29 bits per heavy atom. The summed E-state index contributed by atoms with van der Waals surface area (Å²) in [7, 11) is 0. The lowest BCUT2D eigenvalue weighted by molar-refractivity contribution is -0.123. The molecule has 4 nitrogen and oxygen atoms in total. The number of carbonyl (C=O) groups excluding carboxylic acids is 2. The van der Waals surface area contributed by atoms with Crippen molar-refractivity contribution in [2.24, 2.45) is 17.3 Å². The Labute approximate surface area is 167 Å². The maximum Gasteiger partial charge on any atom is 0.173 e. The average Bonchev–Trinajstić information content (AvgIpc) is 2.68. The first-order chi connectivity index (χ1) is 13.3. The summed E-state index contributed by atoms with van der Waals surface area (Å²) in [5.41, 5.74) is 0.273. The van der Waals surface area contributed by atoms with E-state index >= 15 is 0 Å². The van der Waals surface area contributed by atoms with Gasteiger partial charge in [-0.1, -0.05) is 49.4 Å². The predicted molar refractivity (Wildman–Crippen MR) is 111 cm³/mol. The number of hydrogen-bond donors (Lipinski definition) is 2. The van der Waals surface area contributed by atoms with Crippen molar-refractivity contribution < 1.29 is 19.8 Å². The van der Waals surface area contributed by atoms with E-state index in [9.17, 15) is 19.8 Å². The third-order valence-electron chi connectivity index (χ3n) is 5.87. The minimum Gasteiger partial charge on any atom is -0.507 e. The van der Waals surface area contributed by atoms with Crippen molar-refractivity contribution in [1.29, 1.82) is 0 Å². The molecule has 0 radical (unpaired) electrons. The van der Waals surface area contributed by atoms with Gasteiger partial charge in [-0.05, 0) is 50.2 Å². The standard InChI is InChI=1S/C24H30O4/c1-4-13-24(16-25)14-12-21(27)22(18(3)26)23(28)20(11-10-17(24)2)15-19-8-6-5-7-9-19/h4-9,12,14,17,20,25,27H,1,10-11,13,15-16H2,2-3H3/b14-12?,22-21+. The Kier molecular flexibility index (Phi) is 7.53. The summed E-state index contributed by atoms with van der Waals surface area (Å²) in [6, 6.07) is 9.68. The Hall–Kier alpha value is -2.46. The third kappa shape index (κ3) is 4.87. The first-order valence-corrected chi connectivity index (χ1v) is 9.78. The van der Waals surface area contributed by atoms with Crippen molar-refractivity contribution in [3.63, 3.8) is 0 Å². The summed E-state index contributed by atoms with van der Waals surface area (Å²) in [6.45, 7) is 7.04. The van der Waals surface area contributed by atoms with Crippen LogP contribution in [-0.4, -0.2) is 28.4 Å². The zero-order valence-electron chi connectivity index (χ0n) is 16.7. The molecule has 0 bridgehead atoms. The highest BCUT2D eigenvalue weighted by Gasteiger charge is 2.35. The predicted octanol–water partition coefficient (Wildman–Crippen LogP) is 4.36. The average molecular weight is 383 g/mol. The molecular weight excluding hydrogens is 352 g/mol.